The summed E-state index contributed by atoms with van der Waals surface area (Å²) in [5, 5.41) is 3.47. The third-order valence-corrected chi connectivity index (χ3v) is 4.32. The van der Waals surface area contributed by atoms with Crippen LogP contribution in [0.15, 0.2) is 18.2 Å². The third-order valence-electron chi connectivity index (χ3n) is 4.32. The van der Waals surface area contributed by atoms with Gasteiger partial charge in [-0.25, -0.2) is 0 Å². The maximum absolute atomic E-state index is 3.47. The summed E-state index contributed by atoms with van der Waals surface area (Å²) in [6.45, 7) is 2.20. The zero-order valence-corrected chi connectivity index (χ0v) is 10.3. The zero-order chi connectivity index (χ0) is 11.1. The molecule has 1 heteroatoms. The van der Waals surface area contributed by atoms with Crippen molar-refractivity contribution in [3.8, 4) is 0 Å². The Balaban J connectivity index is 2.02. The summed E-state index contributed by atoms with van der Waals surface area (Å²) in [5.41, 5.74) is 4.61. The number of hydrogen-bond acceptors (Lipinski definition) is 1. The van der Waals surface area contributed by atoms with Gasteiger partial charge in [-0.05, 0) is 62.6 Å². The van der Waals surface area contributed by atoms with Crippen LogP contribution in [-0.4, -0.2) is 7.05 Å². The highest BCUT2D eigenvalue weighted by atomic mass is 14.9. The van der Waals surface area contributed by atoms with Crippen molar-refractivity contribution < 1.29 is 0 Å². The monoisotopic (exact) mass is 215 g/mol. The highest BCUT2D eigenvalue weighted by Crippen LogP contribution is 2.50. The lowest BCUT2D eigenvalue weighted by Gasteiger charge is -2.32. The Morgan fingerprint density at radius 3 is 2.56 bits per heavy atom. The van der Waals surface area contributed by atoms with E-state index in [0.717, 1.165) is 11.8 Å². The molecule has 1 aromatic rings. The van der Waals surface area contributed by atoms with Crippen molar-refractivity contribution in [2.24, 2.45) is 5.92 Å². The predicted molar refractivity (Wildman–Crippen MR) is 67.7 cm³/mol. The van der Waals surface area contributed by atoms with E-state index in [0.29, 0.717) is 6.04 Å². The van der Waals surface area contributed by atoms with Gasteiger partial charge in [-0.2, -0.15) is 0 Å². The van der Waals surface area contributed by atoms with Crippen LogP contribution in [0.3, 0.4) is 0 Å². The molecule has 1 nitrogen and oxygen atoms in total. The summed E-state index contributed by atoms with van der Waals surface area (Å²) < 4.78 is 0. The molecule has 16 heavy (non-hydrogen) atoms. The summed E-state index contributed by atoms with van der Waals surface area (Å²) in [5.74, 6) is 1.86. The lowest BCUT2D eigenvalue weighted by Crippen LogP contribution is -2.24. The van der Waals surface area contributed by atoms with Gasteiger partial charge in [-0.1, -0.05) is 23.8 Å². The van der Waals surface area contributed by atoms with Crippen LogP contribution in [0.1, 0.15) is 54.3 Å². The summed E-state index contributed by atoms with van der Waals surface area (Å²) in [4.78, 5) is 0. The first kappa shape index (κ1) is 10.3. The van der Waals surface area contributed by atoms with Crippen LogP contribution in [0, 0.1) is 12.8 Å². The molecule has 2 atom stereocenters. The van der Waals surface area contributed by atoms with Crippen molar-refractivity contribution in [3.05, 3.63) is 34.9 Å². The quantitative estimate of drug-likeness (QED) is 0.795. The molecule has 0 spiro atoms. The first-order valence-corrected chi connectivity index (χ1v) is 6.57. The Morgan fingerprint density at radius 2 is 1.88 bits per heavy atom. The smallest absolute Gasteiger partial charge is 0.0320 e. The van der Waals surface area contributed by atoms with Gasteiger partial charge in [0.15, 0.2) is 0 Å². The van der Waals surface area contributed by atoms with Crippen molar-refractivity contribution in [3.63, 3.8) is 0 Å². The number of rotatable bonds is 2. The molecule has 86 valence electrons. The third kappa shape index (κ3) is 1.67. The van der Waals surface area contributed by atoms with E-state index < -0.39 is 0 Å². The summed E-state index contributed by atoms with van der Waals surface area (Å²) in [6.07, 6.45) is 5.62. The second-order valence-corrected chi connectivity index (χ2v) is 5.49. The first-order chi connectivity index (χ1) is 7.79. The van der Waals surface area contributed by atoms with E-state index in [1.807, 2.05) is 0 Å². The minimum atomic E-state index is 0.588. The van der Waals surface area contributed by atoms with Crippen LogP contribution in [0.25, 0.3) is 0 Å². The minimum absolute atomic E-state index is 0.588. The average molecular weight is 215 g/mol. The Bertz CT molecular complexity index is 392. The van der Waals surface area contributed by atoms with Crippen molar-refractivity contribution in [2.75, 3.05) is 7.05 Å². The Hall–Kier alpha value is -0.820. The molecule has 1 N–H and O–H groups in total. The number of benzene rings is 1. The number of fused-ring (bicyclic) bond motifs is 1. The van der Waals surface area contributed by atoms with Crippen molar-refractivity contribution in [2.45, 2.75) is 44.6 Å². The van der Waals surface area contributed by atoms with Gasteiger partial charge in [0.2, 0.25) is 0 Å². The molecular weight excluding hydrogens is 194 g/mol. The molecule has 0 aliphatic heterocycles. The molecule has 0 amide bonds. The molecule has 1 aromatic carbocycles. The van der Waals surface area contributed by atoms with E-state index in [1.165, 1.54) is 31.2 Å². The van der Waals surface area contributed by atoms with Gasteiger partial charge < -0.3 is 5.32 Å². The summed E-state index contributed by atoms with van der Waals surface area (Å²) in [6, 6.07) is 7.65. The maximum atomic E-state index is 3.47. The molecule has 1 saturated carbocycles. The van der Waals surface area contributed by atoms with Gasteiger partial charge in [0.05, 0.1) is 0 Å². The molecular formula is C15H21N. The largest absolute Gasteiger partial charge is 0.313 e. The van der Waals surface area contributed by atoms with Crippen LogP contribution >= 0.6 is 0 Å². The van der Waals surface area contributed by atoms with Gasteiger partial charge in [0.25, 0.3) is 0 Å². The summed E-state index contributed by atoms with van der Waals surface area (Å²) in [7, 11) is 2.09. The van der Waals surface area contributed by atoms with Crippen molar-refractivity contribution >= 4 is 0 Å². The lowest BCUT2D eigenvalue weighted by atomic mass is 9.77. The SMILES string of the molecule is CNC1CCC(C2CC2)c2ccc(C)cc21. The number of aryl methyl sites for hydroxylation is 1. The van der Waals surface area contributed by atoms with Crippen LogP contribution in [0.2, 0.25) is 0 Å². The van der Waals surface area contributed by atoms with Crippen LogP contribution in [-0.2, 0) is 0 Å². The molecule has 0 bridgehead atoms. The van der Waals surface area contributed by atoms with Crippen molar-refractivity contribution in [1.82, 2.24) is 5.32 Å². The highest BCUT2D eigenvalue weighted by molar-refractivity contribution is 5.39. The molecule has 3 rings (SSSR count). The molecule has 0 aromatic heterocycles. The standard InChI is InChI=1S/C15H21N/c1-10-3-6-13-12(11-4-5-11)7-8-15(16-2)14(13)9-10/h3,6,9,11-12,15-16H,4-5,7-8H2,1-2H3. The van der Waals surface area contributed by atoms with E-state index in [4.69, 9.17) is 0 Å². The van der Waals surface area contributed by atoms with Gasteiger partial charge in [0, 0.05) is 6.04 Å². The lowest BCUT2D eigenvalue weighted by molar-refractivity contribution is 0.421. The first-order valence-electron chi connectivity index (χ1n) is 6.57. The summed E-state index contributed by atoms with van der Waals surface area (Å²) >= 11 is 0. The fraction of sp³-hybridized carbons (Fsp3) is 0.600. The van der Waals surface area contributed by atoms with E-state index in [-0.39, 0.29) is 0 Å². The molecule has 2 unspecified atom stereocenters. The fourth-order valence-electron chi connectivity index (χ4n) is 3.28. The van der Waals surface area contributed by atoms with Gasteiger partial charge >= 0.3 is 0 Å². The van der Waals surface area contributed by atoms with Gasteiger partial charge in [-0.3, -0.25) is 0 Å². The van der Waals surface area contributed by atoms with Crippen LogP contribution in [0.4, 0.5) is 0 Å². The molecule has 0 saturated heterocycles. The average Bonchev–Trinajstić information content (AvgIpc) is 3.11. The molecule has 0 radical (unpaired) electrons. The van der Waals surface area contributed by atoms with Gasteiger partial charge in [0.1, 0.15) is 0 Å². The van der Waals surface area contributed by atoms with Crippen molar-refractivity contribution in [1.29, 1.82) is 0 Å². The Kier molecular flexibility index (Phi) is 2.51. The molecule has 2 aliphatic rings. The molecule has 1 fully saturated rings. The van der Waals surface area contributed by atoms with E-state index in [9.17, 15) is 0 Å². The van der Waals surface area contributed by atoms with Gasteiger partial charge in [-0.15, -0.1) is 0 Å². The van der Waals surface area contributed by atoms with E-state index in [2.05, 4.69) is 37.5 Å². The second kappa shape index (κ2) is 3.89. The zero-order valence-electron chi connectivity index (χ0n) is 10.3. The predicted octanol–water partition coefficient (Wildman–Crippen LogP) is 3.54. The fourth-order valence-corrected chi connectivity index (χ4v) is 3.28. The minimum Gasteiger partial charge on any atom is -0.313 e. The normalized spacial score (nSPS) is 28.9. The van der Waals surface area contributed by atoms with E-state index >= 15 is 0 Å². The van der Waals surface area contributed by atoms with E-state index in [1.54, 1.807) is 11.1 Å². The Labute approximate surface area is 98.3 Å². The Morgan fingerprint density at radius 1 is 1.06 bits per heavy atom. The number of nitrogens with one attached hydrogen (secondary N) is 1. The molecule has 2 aliphatic carbocycles. The van der Waals surface area contributed by atoms with Crippen LogP contribution in [0.5, 0.6) is 0 Å². The molecule has 0 heterocycles. The number of hydrogen-bond donors (Lipinski definition) is 1. The topological polar surface area (TPSA) is 12.0 Å². The highest BCUT2D eigenvalue weighted by Gasteiger charge is 2.36. The second-order valence-electron chi connectivity index (χ2n) is 5.49. The maximum Gasteiger partial charge on any atom is 0.0320 e. The van der Waals surface area contributed by atoms with Crippen LogP contribution < -0.4 is 5.32 Å².